The molecule has 0 radical (unpaired) electrons. The molecule has 1 atom stereocenters. The molecular formula is C16H23N5O2. The summed E-state index contributed by atoms with van der Waals surface area (Å²) < 4.78 is 1.81. The molecule has 0 spiro atoms. The Kier molecular flexibility index (Phi) is 5.33. The Morgan fingerprint density at radius 3 is 2.65 bits per heavy atom. The quantitative estimate of drug-likeness (QED) is 0.752. The molecule has 1 aromatic carbocycles. The minimum Gasteiger partial charge on any atom is -0.388 e. The summed E-state index contributed by atoms with van der Waals surface area (Å²) >= 11 is 0. The third-order valence-corrected chi connectivity index (χ3v) is 3.91. The summed E-state index contributed by atoms with van der Waals surface area (Å²) in [6, 6.07) is 9.30. The van der Waals surface area contributed by atoms with Crippen LogP contribution in [0.4, 0.5) is 4.79 Å². The minimum atomic E-state index is -0.943. The van der Waals surface area contributed by atoms with Gasteiger partial charge in [-0.25, -0.2) is 4.79 Å². The van der Waals surface area contributed by atoms with E-state index in [2.05, 4.69) is 20.8 Å². The van der Waals surface area contributed by atoms with Crippen molar-refractivity contribution >= 4 is 6.03 Å². The van der Waals surface area contributed by atoms with Crippen LogP contribution in [-0.2, 0) is 6.54 Å². The lowest BCUT2D eigenvalue weighted by molar-refractivity contribution is 0.0166. The van der Waals surface area contributed by atoms with Gasteiger partial charge in [0.2, 0.25) is 0 Å². The van der Waals surface area contributed by atoms with Gasteiger partial charge in [-0.15, -0.1) is 10.2 Å². The molecule has 0 saturated carbocycles. The number of rotatable bonds is 6. The van der Waals surface area contributed by atoms with Crippen LogP contribution in [0.5, 0.6) is 0 Å². The first kappa shape index (κ1) is 17.0. The van der Waals surface area contributed by atoms with E-state index in [4.69, 9.17) is 0 Å². The Morgan fingerprint density at radius 1 is 1.30 bits per heavy atom. The number of benzene rings is 1. The highest BCUT2D eigenvalue weighted by molar-refractivity contribution is 5.73. The number of carbonyl (C=O) groups is 1. The van der Waals surface area contributed by atoms with Crippen LogP contribution in [0, 0.1) is 5.92 Å². The van der Waals surface area contributed by atoms with Gasteiger partial charge in [0.25, 0.3) is 0 Å². The summed E-state index contributed by atoms with van der Waals surface area (Å²) in [6.07, 6.45) is 1.60. The van der Waals surface area contributed by atoms with Crippen molar-refractivity contribution < 1.29 is 9.90 Å². The van der Waals surface area contributed by atoms with Crippen LogP contribution >= 0.6 is 0 Å². The maximum Gasteiger partial charge on any atom is 0.315 e. The van der Waals surface area contributed by atoms with Gasteiger partial charge in [0, 0.05) is 12.2 Å². The zero-order valence-corrected chi connectivity index (χ0v) is 13.7. The average molecular weight is 317 g/mol. The van der Waals surface area contributed by atoms with Gasteiger partial charge in [-0.05, 0) is 25.0 Å². The first-order valence-corrected chi connectivity index (χ1v) is 7.58. The molecule has 0 saturated heterocycles. The highest BCUT2D eigenvalue weighted by atomic mass is 16.3. The Balaban J connectivity index is 1.90. The van der Waals surface area contributed by atoms with Gasteiger partial charge in [0.05, 0.1) is 12.1 Å². The van der Waals surface area contributed by atoms with Gasteiger partial charge in [-0.2, -0.15) is 0 Å². The van der Waals surface area contributed by atoms with E-state index in [0.717, 1.165) is 5.69 Å². The number of hydrogen-bond donors (Lipinski definition) is 3. The molecule has 1 aromatic heterocycles. The lowest BCUT2D eigenvalue weighted by atomic mass is 9.93. The largest absolute Gasteiger partial charge is 0.388 e. The van der Waals surface area contributed by atoms with Gasteiger partial charge in [-0.1, -0.05) is 32.0 Å². The molecule has 0 aliphatic heterocycles. The fourth-order valence-electron chi connectivity index (χ4n) is 1.87. The van der Waals surface area contributed by atoms with E-state index in [0.29, 0.717) is 5.82 Å². The second kappa shape index (κ2) is 7.23. The molecule has 2 aromatic rings. The van der Waals surface area contributed by atoms with Crippen LogP contribution in [-0.4, -0.2) is 38.0 Å². The van der Waals surface area contributed by atoms with E-state index in [-0.39, 0.29) is 25.0 Å². The predicted octanol–water partition coefficient (Wildman–Crippen LogP) is 1.47. The number of nitrogens with zero attached hydrogens (tertiary/aromatic N) is 3. The Bertz CT molecular complexity index is 637. The van der Waals surface area contributed by atoms with Gasteiger partial charge >= 0.3 is 6.03 Å². The SMILES string of the molecule is CC(C)C(C)(O)CNC(=O)NCc1nncn1-c1ccccc1. The van der Waals surface area contributed by atoms with Crippen molar-refractivity contribution in [3.8, 4) is 5.69 Å². The smallest absolute Gasteiger partial charge is 0.315 e. The highest BCUT2D eigenvalue weighted by Gasteiger charge is 2.25. The molecule has 0 bridgehead atoms. The maximum absolute atomic E-state index is 11.9. The highest BCUT2D eigenvalue weighted by Crippen LogP contribution is 2.14. The van der Waals surface area contributed by atoms with Crippen LogP contribution in [0.1, 0.15) is 26.6 Å². The summed E-state index contributed by atoms with van der Waals surface area (Å²) in [5, 5.41) is 23.4. The van der Waals surface area contributed by atoms with Gasteiger partial charge in [0.1, 0.15) is 6.33 Å². The fourth-order valence-corrected chi connectivity index (χ4v) is 1.87. The molecule has 7 heteroatoms. The predicted molar refractivity (Wildman–Crippen MR) is 87.1 cm³/mol. The maximum atomic E-state index is 11.9. The summed E-state index contributed by atoms with van der Waals surface area (Å²) in [4.78, 5) is 11.9. The van der Waals surface area contributed by atoms with Crippen LogP contribution in [0.3, 0.4) is 0 Å². The number of aromatic nitrogens is 3. The van der Waals surface area contributed by atoms with Gasteiger partial charge in [0.15, 0.2) is 5.82 Å². The molecule has 0 aliphatic rings. The standard InChI is InChI=1S/C16H23N5O2/c1-12(2)16(3,23)10-18-15(22)17-9-14-20-19-11-21(14)13-7-5-4-6-8-13/h4-8,11-12,23H,9-10H2,1-3H3,(H2,17,18,22). The Labute approximate surface area is 135 Å². The average Bonchev–Trinajstić information content (AvgIpc) is 3.00. The summed E-state index contributed by atoms with van der Waals surface area (Å²) in [7, 11) is 0. The third-order valence-electron chi connectivity index (χ3n) is 3.91. The molecule has 0 fully saturated rings. The van der Waals surface area contributed by atoms with Gasteiger partial charge < -0.3 is 15.7 Å². The second-order valence-electron chi connectivity index (χ2n) is 6.00. The number of aliphatic hydroxyl groups is 1. The van der Waals surface area contributed by atoms with Crippen molar-refractivity contribution in [2.24, 2.45) is 5.92 Å². The van der Waals surface area contributed by atoms with Gasteiger partial charge in [-0.3, -0.25) is 4.57 Å². The monoisotopic (exact) mass is 317 g/mol. The zero-order chi connectivity index (χ0) is 16.9. The number of nitrogens with one attached hydrogen (secondary N) is 2. The van der Waals surface area contributed by atoms with Crippen LogP contribution in [0.15, 0.2) is 36.7 Å². The molecule has 7 nitrogen and oxygen atoms in total. The van der Waals surface area contributed by atoms with Crippen molar-refractivity contribution in [2.75, 3.05) is 6.54 Å². The fraction of sp³-hybridized carbons (Fsp3) is 0.438. The molecule has 2 amide bonds. The third kappa shape index (κ3) is 4.53. The van der Waals surface area contributed by atoms with E-state index < -0.39 is 5.60 Å². The zero-order valence-electron chi connectivity index (χ0n) is 13.7. The second-order valence-corrected chi connectivity index (χ2v) is 6.00. The Morgan fingerprint density at radius 2 is 2.00 bits per heavy atom. The normalized spacial score (nSPS) is 13.6. The summed E-state index contributed by atoms with van der Waals surface area (Å²) in [5.41, 5.74) is -0.0149. The summed E-state index contributed by atoms with van der Waals surface area (Å²) in [5.74, 6) is 0.672. The molecule has 1 unspecified atom stereocenters. The van der Waals surface area contributed by atoms with Crippen molar-refractivity contribution in [2.45, 2.75) is 32.9 Å². The first-order valence-electron chi connectivity index (χ1n) is 7.58. The van der Waals surface area contributed by atoms with E-state index in [1.165, 1.54) is 0 Å². The first-order chi connectivity index (χ1) is 10.9. The van der Waals surface area contributed by atoms with Crippen molar-refractivity contribution in [1.29, 1.82) is 0 Å². The topological polar surface area (TPSA) is 92.1 Å². The number of amides is 2. The number of hydrogen-bond acceptors (Lipinski definition) is 4. The molecular weight excluding hydrogens is 294 g/mol. The van der Waals surface area contributed by atoms with E-state index in [1.807, 2.05) is 48.7 Å². The molecule has 0 aliphatic carbocycles. The molecule has 2 rings (SSSR count). The van der Waals surface area contributed by atoms with Crippen LogP contribution < -0.4 is 10.6 Å². The van der Waals surface area contributed by atoms with E-state index in [1.54, 1.807) is 13.3 Å². The lowest BCUT2D eigenvalue weighted by Crippen LogP contribution is -2.47. The molecule has 3 N–H and O–H groups in total. The van der Waals surface area contributed by atoms with Crippen molar-refractivity contribution in [3.05, 3.63) is 42.5 Å². The van der Waals surface area contributed by atoms with E-state index in [9.17, 15) is 9.90 Å². The molecule has 1 heterocycles. The molecule has 23 heavy (non-hydrogen) atoms. The summed E-state index contributed by atoms with van der Waals surface area (Å²) in [6.45, 7) is 5.93. The van der Waals surface area contributed by atoms with E-state index >= 15 is 0 Å². The number of para-hydroxylation sites is 1. The number of carbonyl (C=O) groups excluding carboxylic acids is 1. The van der Waals surface area contributed by atoms with Crippen molar-refractivity contribution in [1.82, 2.24) is 25.4 Å². The molecule has 124 valence electrons. The lowest BCUT2D eigenvalue weighted by Gasteiger charge is -2.27. The van der Waals surface area contributed by atoms with Crippen molar-refractivity contribution in [3.63, 3.8) is 0 Å². The van der Waals surface area contributed by atoms with Crippen LogP contribution in [0.2, 0.25) is 0 Å². The Hall–Kier alpha value is -2.41. The number of urea groups is 1. The minimum absolute atomic E-state index is 0.0454. The van der Waals surface area contributed by atoms with Crippen LogP contribution in [0.25, 0.3) is 5.69 Å².